The molecule has 0 unspecified atom stereocenters. The van der Waals surface area contributed by atoms with Gasteiger partial charge in [0.2, 0.25) is 0 Å². The van der Waals surface area contributed by atoms with Gasteiger partial charge in [0.15, 0.2) is 5.69 Å². The number of benzene rings is 1. The third-order valence-corrected chi connectivity index (χ3v) is 5.23. The van der Waals surface area contributed by atoms with Crippen LogP contribution in [0.15, 0.2) is 24.4 Å². The molecular formula is C17H19Cl2N5O5S. The summed E-state index contributed by atoms with van der Waals surface area (Å²) in [5.74, 6) is -1.33. The van der Waals surface area contributed by atoms with E-state index in [0.717, 1.165) is 31.7 Å². The normalized spacial score (nSPS) is 14.9. The van der Waals surface area contributed by atoms with E-state index in [9.17, 15) is 18.0 Å². The summed E-state index contributed by atoms with van der Waals surface area (Å²) in [6, 6.07) is 4.56. The van der Waals surface area contributed by atoms with Gasteiger partial charge >= 0.3 is 10.1 Å². The van der Waals surface area contributed by atoms with E-state index in [2.05, 4.69) is 20.1 Å². The lowest BCUT2D eigenvalue weighted by atomic mass is 10.2. The fraction of sp³-hybridized carbons (Fsp3) is 0.353. The molecule has 0 saturated carbocycles. The number of halogens is 2. The zero-order chi connectivity index (χ0) is 21.9. The third kappa shape index (κ3) is 5.63. The Labute approximate surface area is 183 Å². The van der Waals surface area contributed by atoms with Gasteiger partial charge in [-0.15, -0.1) is 5.10 Å². The minimum atomic E-state index is -3.92. The van der Waals surface area contributed by atoms with Crippen molar-refractivity contribution in [2.75, 3.05) is 24.7 Å². The first kappa shape index (κ1) is 22.3. The lowest BCUT2D eigenvalue weighted by Crippen LogP contribution is -2.45. The first-order valence-electron chi connectivity index (χ1n) is 8.95. The standard InChI is InChI=1S/C17H19Cl2N5O5S/c1-30(27,28)29-24-10-13(20-16(25)14-11(18)6-5-7-12(14)19)15(21-24)17(26)22-23-8-3-2-4-9-23/h5-7,10H,2-4,8-9H2,1H3,(H,20,25)(H,22,26). The lowest BCUT2D eigenvalue weighted by molar-refractivity contribution is 0.0741. The van der Waals surface area contributed by atoms with Crippen molar-refractivity contribution in [3.05, 3.63) is 45.7 Å². The van der Waals surface area contributed by atoms with Crippen molar-refractivity contribution < 1.29 is 22.3 Å². The van der Waals surface area contributed by atoms with E-state index >= 15 is 0 Å². The highest BCUT2D eigenvalue weighted by Gasteiger charge is 2.24. The van der Waals surface area contributed by atoms with Gasteiger partial charge in [-0.1, -0.05) is 40.5 Å². The second-order valence-corrected chi connectivity index (χ2v) is 8.98. The summed E-state index contributed by atoms with van der Waals surface area (Å²) >= 11 is 12.1. The highest BCUT2D eigenvalue weighted by atomic mass is 35.5. The number of hydrogen-bond donors (Lipinski definition) is 2. The predicted molar refractivity (Wildman–Crippen MR) is 111 cm³/mol. The molecule has 1 aliphatic rings. The number of hydrazine groups is 1. The Morgan fingerprint density at radius 2 is 1.73 bits per heavy atom. The van der Waals surface area contributed by atoms with Crippen LogP contribution in [0, 0.1) is 0 Å². The number of nitrogens with zero attached hydrogens (tertiary/aromatic N) is 3. The average Bonchev–Trinajstić information content (AvgIpc) is 3.02. The van der Waals surface area contributed by atoms with Crippen molar-refractivity contribution in [2.45, 2.75) is 19.3 Å². The van der Waals surface area contributed by atoms with Crippen LogP contribution < -0.4 is 15.0 Å². The van der Waals surface area contributed by atoms with Gasteiger partial charge < -0.3 is 5.32 Å². The van der Waals surface area contributed by atoms with E-state index in [1.807, 2.05) is 0 Å². The van der Waals surface area contributed by atoms with Crippen LogP contribution in [0.25, 0.3) is 0 Å². The maximum absolute atomic E-state index is 12.7. The molecule has 0 bridgehead atoms. The van der Waals surface area contributed by atoms with Crippen molar-refractivity contribution in [2.24, 2.45) is 0 Å². The monoisotopic (exact) mass is 475 g/mol. The molecule has 1 saturated heterocycles. The Balaban J connectivity index is 1.89. The van der Waals surface area contributed by atoms with Gasteiger partial charge in [0, 0.05) is 13.1 Å². The van der Waals surface area contributed by atoms with E-state index in [4.69, 9.17) is 23.2 Å². The summed E-state index contributed by atoms with van der Waals surface area (Å²) in [6.07, 6.45) is 4.82. The molecule has 0 atom stereocenters. The molecule has 1 fully saturated rings. The minimum Gasteiger partial charge on any atom is -0.318 e. The maximum Gasteiger partial charge on any atom is 0.325 e. The Kier molecular flexibility index (Phi) is 6.86. The molecule has 2 N–H and O–H groups in total. The summed E-state index contributed by atoms with van der Waals surface area (Å²) in [6.45, 7) is 1.34. The largest absolute Gasteiger partial charge is 0.325 e. The predicted octanol–water partition coefficient (Wildman–Crippen LogP) is 1.96. The first-order valence-corrected chi connectivity index (χ1v) is 11.5. The van der Waals surface area contributed by atoms with Crippen LogP contribution in [-0.2, 0) is 10.1 Å². The van der Waals surface area contributed by atoms with Crippen LogP contribution in [0.5, 0.6) is 0 Å². The van der Waals surface area contributed by atoms with Crippen molar-refractivity contribution in [1.82, 2.24) is 20.4 Å². The van der Waals surface area contributed by atoms with E-state index in [1.165, 1.54) is 12.1 Å². The van der Waals surface area contributed by atoms with E-state index < -0.39 is 21.9 Å². The molecule has 0 radical (unpaired) electrons. The van der Waals surface area contributed by atoms with E-state index in [1.54, 1.807) is 11.1 Å². The number of carbonyl (C=O) groups is 2. The number of anilines is 1. The van der Waals surface area contributed by atoms with Crippen LogP contribution in [0.3, 0.4) is 0 Å². The van der Waals surface area contributed by atoms with Gasteiger partial charge in [-0.3, -0.25) is 19.3 Å². The highest BCUT2D eigenvalue weighted by Crippen LogP contribution is 2.26. The number of piperidine rings is 1. The van der Waals surface area contributed by atoms with Crippen LogP contribution in [0.1, 0.15) is 40.1 Å². The minimum absolute atomic E-state index is 0.00000318. The zero-order valence-electron chi connectivity index (χ0n) is 15.9. The Morgan fingerprint density at radius 3 is 2.33 bits per heavy atom. The van der Waals surface area contributed by atoms with Crippen LogP contribution in [0.4, 0.5) is 5.69 Å². The number of hydrogen-bond acceptors (Lipinski definition) is 7. The lowest BCUT2D eigenvalue weighted by Gasteiger charge is -2.26. The molecule has 0 aliphatic carbocycles. The highest BCUT2D eigenvalue weighted by molar-refractivity contribution is 7.86. The van der Waals surface area contributed by atoms with Crippen LogP contribution in [-0.4, -0.2) is 54.5 Å². The Morgan fingerprint density at radius 1 is 1.10 bits per heavy atom. The summed E-state index contributed by atoms with van der Waals surface area (Å²) in [7, 11) is -3.92. The quantitative estimate of drug-likeness (QED) is 0.654. The maximum atomic E-state index is 12.7. The molecule has 2 aromatic rings. The molecule has 1 aliphatic heterocycles. The summed E-state index contributed by atoms with van der Waals surface area (Å²) in [4.78, 5) is 26.0. The Bertz CT molecular complexity index is 1050. The molecule has 13 heteroatoms. The van der Waals surface area contributed by atoms with Crippen molar-refractivity contribution >= 4 is 50.8 Å². The number of aromatic nitrogens is 2. The van der Waals surface area contributed by atoms with Crippen LogP contribution in [0.2, 0.25) is 10.0 Å². The third-order valence-electron chi connectivity index (χ3n) is 4.17. The first-order chi connectivity index (χ1) is 14.1. The second kappa shape index (κ2) is 9.21. The zero-order valence-corrected chi connectivity index (χ0v) is 18.2. The van der Waals surface area contributed by atoms with Crippen molar-refractivity contribution in [3.63, 3.8) is 0 Å². The van der Waals surface area contributed by atoms with E-state index in [0.29, 0.717) is 17.9 Å². The molecular weight excluding hydrogens is 457 g/mol. The Hall–Kier alpha value is -2.34. The van der Waals surface area contributed by atoms with Gasteiger partial charge in [0.1, 0.15) is 0 Å². The van der Waals surface area contributed by atoms with Gasteiger partial charge in [0.25, 0.3) is 11.8 Å². The smallest absolute Gasteiger partial charge is 0.318 e. The second-order valence-electron chi connectivity index (χ2n) is 6.61. The van der Waals surface area contributed by atoms with E-state index in [-0.39, 0.29) is 27.0 Å². The summed E-state index contributed by atoms with van der Waals surface area (Å²) in [5, 5.41) is 8.29. The number of amides is 2. The molecule has 162 valence electrons. The molecule has 1 aromatic carbocycles. The molecule has 30 heavy (non-hydrogen) atoms. The fourth-order valence-electron chi connectivity index (χ4n) is 2.89. The molecule has 2 heterocycles. The van der Waals surface area contributed by atoms with Crippen molar-refractivity contribution in [1.29, 1.82) is 0 Å². The summed E-state index contributed by atoms with van der Waals surface area (Å²) in [5.41, 5.74) is 2.39. The van der Waals surface area contributed by atoms with Gasteiger partial charge in [-0.05, 0) is 25.0 Å². The molecule has 2 amide bonds. The van der Waals surface area contributed by atoms with Crippen LogP contribution >= 0.6 is 23.2 Å². The van der Waals surface area contributed by atoms with Gasteiger partial charge in [-0.25, -0.2) is 5.01 Å². The fourth-order valence-corrected chi connectivity index (χ4v) is 3.81. The molecule has 1 aromatic heterocycles. The molecule has 0 spiro atoms. The van der Waals surface area contributed by atoms with Gasteiger partial charge in [0.05, 0.1) is 33.7 Å². The molecule has 10 nitrogen and oxygen atoms in total. The van der Waals surface area contributed by atoms with Gasteiger partial charge in [-0.2, -0.15) is 8.42 Å². The van der Waals surface area contributed by atoms with Crippen molar-refractivity contribution in [3.8, 4) is 0 Å². The number of nitrogens with one attached hydrogen (secondary N) is 2. The summed E-state index contributed by atoms with van der Waals surface area (Å²) < 4.78 is 27.5. The number of carbonyl (C=O) groups excluding carboxylic acids is 2. The topological polar surface area (TPSA) is 123 Å². The number of rotatable bonds is 6. The average molecular weight is 476 g/mol. The molecule has 3 rings (SSSR count). The SMILES string of the molecule is CS(=O)(=O)On1cc(NC(=O)c2c(Cl)cccc2Cl)c(C(=O)NN2CCCCC2)n1.